The van der Waals surface area contributed by atoms with E-state index in [9.17, 15) is 4.79 Å². The van der Waals surface area contributed by atoms with Crippen molar-refractivity contribution in [2.75, 3.05) is 14.2 Å². The number of nitrogens with one attached hydrogen (secondary N) is 1. The molecule has 5 heteroatoms. The van der Waals surface area contributed by atoms with Gasteiger partial charge in [-0.25, -0.2) is 0 Å². The normalized spacial score (nSPS) is 17.8. The lowest BCUT2D eigenvalue weighted by molar-refractivity contribution is 0.0617. The van der Waals surface area contributed by atoms with Gasteiger partial charge in [-0.15, -0.1) is 0 Å². The van der Waals surface area contributed by atoms with Crippen LogP contribution in [-0.2, 0) is 0 Å². The molecule has 2 aromatic carbocycles. The highest BCUT2D eigenvalue weighted by molar-refractivity contribution is 5.94. The molecule has 132 valence electrons. The van der Waals surface area contributed by atoms with E-state index in [1.165, 1.54) is 0 Å². The summed E-state index contributed by atoms with van der Waals surface area (Å²) in [6.45, 7) is 4.03. The minimum absolute atomic E-state index is 0.118. The third kappa shape index (κ3) is 3.71. The zero-order valence-electron chi connectivity index (χ0n) is 15.0. The zero-order chi connectivity index (χ0) is 18.0. The molecule has 1 aliphatic rings. The van der Waals surface area contributed by atoms with E-state index in [4.69, 9.17) is 14.2 Å². The Bertz CT molecular complexity index is 768. The van der Waals surface area contributed by atoms with Gasteiger partial charge in [-0.2, -0.15) is 0 Å². The van der Waals surface area contributed by atoms with Gasteiger partial charge in [0.05, 0.1) is 20.3 Å². The van der Waals surface area contributed by atoms with Gasteiger partial charge in [-0.3, -0.25) is 4.79 Å². The molecule has 3 rings (SSSR count). The molecule has 1 aliphatic heterocycles. The maximum atomic E-state index is 12.6. The van der Waals surface area contributed by atoms with Crippen molar-refractivity contribution in [1.82, 2.24) is 5.32 Å². The number of hydrogen-bond acceptors (Lipinski definition) is 4. The molecule has 0 radical (unpaired) electrons. The lowest BCUT2D eigenvalue weighted by atomic mass is 9.89. The SMILES string of the molecule is COc1ccc(C(=O)NC2CC(C)(C)Oc3cc(OC)ccc32)cc1. The van der Waals surface area contributed by atoms with Gasteiger partial charge in [-0.05, 0) is 50.2 Å². The molecule has 5 nitrogen and oxygen atoms in total. The van der Waals surface area contributed by atoms with E-state index in [0.717, 1.165) is 22.8 Å². The molecule has 0 bridgehead atoms. The number of carbonyl (C=O) groups excluding carboxylic acids is 1. The van der Waals surface area contributed by atoms with Crippen LogP contribution in [0.4, 0.5) is 0 Å². The number of amides is 1. The number of hydrogen-bond donors (Lipinski definition) is 1. The Morgan fingerprint density at radius 2 is 1.72 bits per heavy atom. The predicted octanol–water partition coefficient (Wildman–Crippen LogP) is 3.74. The Morgan fingerprint density at radius 3 is 2.36 bits per heavy atom. The van der Waals surface area contributed by atoms with E-state index in [1.807, 2.05) is 32.0 Å². The summed E-state index contributed by atoms with van der Waals surface area (Å²) in [6, 6.07) is 12.6. The van der Waals surface area contributed by atoms with Crippen molar-refractivity contribution >= 4 is 5.91 Å². The van der Waals surface area contributed by atoms with Crippen LogP contribution in [0.3, 0.4) is 0 Å². The second-order valence-electron chi connectivity index (χ2n) is 6.72. The molecule has 1 atom stereocenters. The molecular formula is C20H23NO4. The highest BCUT2D eigenvalue weighted by Gasteiger charge is 2.34. The van der Waals surface area contributed by atoms with Crippen LogP contribution >= 0.6 is 0 Å². The van der Waals surface area contributed by atoms with Crippen LogP contribution < -0.4 is 19.5 Å². The fourth-order valence-corrected chi connectivity index (χ4v) is 3.07. The first-order valence-corrected chi connectivity index (χ1v) is 8.24. The molecule has 0 fully saturated rings. The van der Waals surface area contributed by atoms with Crippen molar-refractivity contribution in [2.24, 2.45) is 0 Å². The first kappa shape index (κ1) is 17.1. The Morgan fingerprint density at radius 1 is 1.08 bits per heavy atom. The van der Waals surface area contributed by atoms with E-state index in [1.54, 1.807) is 38.5 Å². The quantitative estimate of drug-likeness (QED) is 0.920. The van der Waals surface area contributed by atoms with Crippen molar-refractivity contribution in [2.45, 2.75) is 31.9 Å². The van der Waals surface area contributed by atoms with Crippen molar-refractivity contribution < 1.29 is 19.0 Å². The molecule has 0 aromatic heterocycles. The average molecular weight is 341 g/mol. The number of ether oxygens (including phenoxy) is 3. The number of carbonyl (C=O) groups is 1. The lowest BCUT2D eigenvalue weighted by Gasteiger charge is -2.38. The van der Waals surface area contributed by atoms with Gasteiger partial charge in [0, 0.05) is 23.6 Å². The van der Waals surface area contributed by atoms with Gasteiger partial charge in [0.1, 0.15) is 22.8 Å². The van der Waals surface area contributed by atoms with Gasteiger partial charge in [0.15, 0.2) is 0 Å². The van der Waals surface area contributed by atoms with E-state index in [-0.39, 0.29) is 17.6 Å². The van der Waals surface area contributed by atoms with Crippen molar-refractivity contribution in [1.29, 1.82) is 0 Å². The van der Waals surface area contributed by atoms with Crippen molar-refractivity contribution in [3.8, 4) is 17.2 Å². The molecule has 1 heterocycles. The minimum Gasteiger partial charge on any atom is -0.497 e. The molecule has 0 saturated carbocycles. The summed E-state index contributed by atoms with van der Waals surface area (Å²) in [5.41, 5.74) is 1.18. The van der Waals surface area contributed by atoms with Crippen LogP contribution in [0.15, 0.2) is 42.5 Å². The highest BCUT2D eigenvalue weighted by Crippen LogP contribution is 2.41. The van der Waals surface area contributed by atoms with Crippen LogP contribution in [0.25, 0.3) is 0 Å². The first-order valence-electron chi connectivity index (χ1n) is 8.24. The van der Waals surface area contributed by atoms with Crippen molar-refractivity contribution in [3.63, 3.8) is 0 Å². The van der Waals surface area contributed by atoms with Gasteiger partial charge in [0.2, 0.25) is 0 Å². The Hall–Kier alpha value is -2.69. The number of benzene rings is 2. The molecule has 25 heavy (non-hydrogen) atoms. The van der Waals surface area contributed by atoms with Gasteiger partial charge >= 0.3 is 0 Å². The summed E-state index contributed by atoms with van der Waals surface area (Å²) in [7, 11) is 3.23. The first-order chi connectivity index (χ1) is 11.9. The zero-order valence-corrected chi connectivity index (χ0v) is 15.0. The van der Waals surface area contributed by atoms with Crippen LogP contribution in [0.2, 0.25) is 0 Å². The smallest absolute Gasteiger partial charge is 0.251 e. The highest BCUT2D eigenvalue weighted by atomic mass is 16.5. The molecule has 0 aliphatic carbocycles. The summed E-state index contributed by atoms with van der Waals surface area (Å²) >= 11 is 0. The molecule has 1 unspecified atom stereocenters. The number of rotatable bonds is 4. The topological polar surface area (TPSA) is 56.8 Å². The van der Waals surface area contributed by atoms with E-state index < -0.39 is 0 Å². The third-order valence-corrected chi connectivity index (χ3v) is 4.34. The fourth-order valence-electron chi connectivity index (χ4n) is 3.07. The second-order valence-corrected chi connectivity index (χ2v) is 6.72. The average Bonchev–Trinajstić information content (AvgIpc) is 2.60. The summed E-state index contributed by atoms with van der Waals surface area (Å²) in [5, 5.41) is 3.12. The second kappa shape index (κ2) is 6.67. The van der Waals surface area contributed by atoms with E-state index >= 15 is 0 Å². The van der Waals surface area contributed by atoms with Crippen LogP contribution in [0.1, 0.15) is 42.2 Å². The predicted molar refractivity (Wildman–Crippen MR) is 95.5 cm³/mol. The molecule has 0 saturated heterocycles. The minimum atomic E-state index is -0.378. The molecule has 1 amide bonds. The largest absolute Gasteiger partial charge is 0.497 e. The summed E-state index contributed by atoms with van der Waals surface area (Å²) in [5.74, 6) is 2.08. The van der Waals surface area contributed by atoms with E-state index in [2.05, 4.69) is 5.32 Å². The monoisotopic (exact) mass is 341 g/mol. The van der Waals surface area contributed by atoms with Crippen molar-refractivity contribution in [3.05, 3.63) is 53.6 Å². The number of fused-ring (bicyclic) bond motifs is 1. The van der Waals surface area contributed by atoms with Crippen LogP contribution in [-0.4, -0.2) is 25.7 Å². The summed E-state index contributed by atoms with van der Waals surface area (Å²) in [6.07, 6.45) is 0.689. The summed E-state index contributed by atoms with van der Waals surface area (Å²) < 4.78 is 16.5. The van der Waals surface area contributed by atoms with Crippen LogP contribution in [0.5, 0.6) is 17.2 Å². The van der Waals surface area contributed by atoms with E-state index in [0.29, 0.717) is 12.0 Å². The van der Waals surface area contributed by atoms with Gasteiger partial charge in [0.25, 0.3) is 5.91 Å². The Labute approximate surface area is 147 Å². The number of methoxy groups -OCH3 is 2. The van der Waals surface area contributed by atoms with Gasteiger partial charge < -0.3 is 19.5 Å². The molecule has 1 N–H and O–H groups in total. The van der Waals surface area contributed by atoms with Gasteiger partial charge in [-0.1, -0.05) is 0 Å². The standard InChI is InChI=1S/C20H23NO4/c1-20(2)12-17(16-10-9-15(24-4)11-18(16)25-20)21-19(22)13-5-7-14(23-3)8-6-13/h5-11,17H,12H2,1-4H3,(H,21,22). The van der Waals surface area contributed by atoms with Crippen LogP contribution in [0, 0.1) is 0 Å². The molecule has 2 aromatic rings. The maximum absolute atomic E-state index is 12.6. The molecular weight excluding hydrogens is 318 g/mol. The fraction of sp³-hybridized carbons (Fsp3) is 0.350. The lowest BCUT2D eigenvalue weighted by Crippen LogP contribution is -2.41. The Balaban J connectivity index is 1.85. The summed E-state index contributed by atoms with van der Waals surface area (Å²) in [4.78, 5) is 12.6. The Kier molecular flexibility index (Phi) is 4.57. The maximum Gasteiger partial charge on any atom is 0.251 e. The molecule has 0 spiro atoms. The third-order valence-electron chi connectivity index (χ3n) is 4.34.